The molecule has 1 aromatic carbocycles. The molecule has 98 valence electrons. The minimum atomic E-state index is -1.01. The molecule has 1 heterocycles. The molecule has 0 radical (unpaired) electrons. The molecule has 0 saturated heterocycles. The van der Waals surface area contributed by atoms with Gasteiger partial charge in [0, 0.05) is 12.0 Å². The lowest BCUT2D eigenvalue weighted by Crippen LogP contribution is -2.13. The van der Waals surface area contributed by atoms with Crippen molar-refractivity contribution in [3.8, 4) is 11.5 Å². The Hall–Kier alpha value is -2.63. The Morgan fingerprint density at radius 1 is 1.32 bits per heavy atom. The summed E-state index contributed by atoms with van der Waals surface area (Å²) < 4.78 is 5.45. The highest BCUT2D eigenvalue weighted by Crippen LogP contribution is 2.22. The molecule has 19 heavy (non-hydrogen) atoms. The van der Waals surface area contributed by atoms with Crippen LogP contribution in [0.4, 0.5) is 0 Å². The first-order valence-corrected chi connectivity index (χ1v) is 5.66. The van der Waals surface area contributed by atoms with Crippen LogP contribution in [0.25, 0.3) is 11.5 Å². The van der Waals surface area contributed by atoms with Crippen molar-refractivity contribution >= 4 is 11.9 Å². The van der Waals surface area contributed by atoms with Crippen LogP contribution < -0.4 is 5.73 Å². The summed E-state index contributed by atoms with van der Waals surface area (Å²) in [6.45, 7) is 1.82. The molecule has 1 amide bonds. The second kappa shape index (κ2) is 4.93. The molecule has 6 heteroatoms. The van der Waals surface area contributed by atoms with Crippen molar-refractivity contribution < 1.29 is 19.1 Å². The number of aromatic carboxylic acids is 1. The lowest BCUT2D eigenvalue weighted by atomic mass is 10.1. The number of benzene rings is 1. The van der Waals surface area contributed by atoms with Crippen molar-refractivity contribution in [3.05, 3.63) is 41.3 Å². The zero-order valence-electron chi connectivity index (χ0n) is 10.2. The summed E-state index contributed by atoms with van der Waals surface area (Å²) in [6.07, 6.45) is 0.498. The molecular formula is C13H12N2O4. The van der Waals surface area contributed by atoms with Crippen LogP contribution in [-0.4, -0.2) is 22.0 Å². The normalized spacial score (nSPS) is 10.4. The summed E-state index contributed by atoms with van der Waals surface area (Å²) in [4.78, 5) is 26.0. The summed E-state index contributed by atoms with van der Waals surface area (Å²) >= 11 is 0. The highest BCUT2D eigenvalue weighted by atomic mass is 16.4. The zero-order valence-corrected chi connectivity index (χ0v) is 10.2. The van der Waals surface area contributed by atoms with E-state index in [4.69, 9.17) is 15.3 Å². The van der Waals surface area contributed by atoms with Crippen LogP contribution in [0.2, 0.25) is 0 Å². The minimum absolute atomic E-state index is 0.111. The van der Waals surface area contributed by atoms with Gasteiger partial charge in [-0.15, -0.1) is 0 Å². The topological polar surface area (TPSA) is 106 Å². The number of nitrogens with zero attached hydrogens (tertiary/aromatic N) is 1. The second-order valence-electron chi connectivity index (χ2n) is 3.89. The molecule has 0 atom stereocenters. The molecule has 0 spiro atoms. The Labute approximate surface area is 108 Å². The third-order valence-corrected chi connectivity index (χ3v) is 2.63. The average molecular weight is 260 g/mol. The van der Waals surface area contributed by atoms with E-state index >= 15 is 0 Å². The van der Waals surface area contributed by atoms with Crippen molar-refractivity contribution in [2.45, 2.75) is 13.3 Å². The molecule has 0 bridgehead atoms. The first kappa shape index (κ1) is 12.8. The number of aryl methyl sites for hydroxylation is 1. The van der Waals surface area contributed by atoms with Crippen LogP contribution in [0.15, 0.2) is 28.7 Å². The van der Waals surface area contributed by atoms with Crippen molar-refractivity contribution in [3.63, 3.8) is 0 Å². The fourth-order valence-corrected chi connectivity index (χ4v) is 1.66. The Bertz CT molecular complexity index is 629. The summed E-state index contributed by atoms with van der Waals surface area (Å²) in [5.74, 6) is -0.979. The number of rotatable bonds is 4. The maximum atomic E-state index is 11.2. The van der Waals surface area contributed by atoms with E-state index in [2.05, 4.69) is 4.98 Å². The van der Waals surface area contributed by atoms with Gasteiger partial charge >= 0.3 is 5.97 Å². The molecule has 2 aromatic rings. The third kappa shape index (κ3) is 2.47. The van der Waals surface area contributed by atoms with E-state index in [9.17, 15) is 9.59 Å². The number of nitrogens with two attached hydrogens (primary N) is 1. The van der Waals surface area contributed by atoms with Gasteiger partial charge < -0.3 is 15.3 Å². The van der Waals surface area contributed by atoms with Gasteiger partial charge in [-0.1, -0.05) is 6.92 Å². The predicted octanol–water partition coefficient (Wildman–Crippen LogP) is 1.70. The standard InChI is InChI=1S/C13H12N2O4/c1-2-9-10(11(14)16)15-12(19-9)7-3-5-8(6-4-7)13(17)18/h3-6H,2H2,1H3,(H2,14,16)(H,17,18). The Morgan fingerprint density at radius 2 is 1.95 bits per heavy atom. The first-order chi connectivity index (χ1) is 9.02. The third-order valence-electron chi connectivity index (χ3n) is 2.63. The van der Waals surface area contributed by atoms with Crippen LogP contribution in [0.1, 0.15) is 33.5 Å². The maximum Gasteiger partial charge on any atom is 0.335 e. The largest absolute Gasteiger partial charge is 0.478 e. The highest BCUT2D eigenvalue weighted by Gasteiger charge is 2.17. The smallest absolute Gasteiger partial charge is 0.335 e. The SMILES string of the molecule is CCc1oc(-c2ccc(C(=O)O)cc2)nc1C(N)=O. The van der Waals surface area contributed by atoms with E-state index in [0.717, 1.165) is 0 Å². The number of aromatic nitrogens is 1. The van der Waals surface area contributed by atoms with Crippen LogP contribution in [0.3, 0.4) is 0 Å². The zero-order chi connectivity index (χ0) is 14.0. The number of amides is 1. The summed E-state index contributed by atoms with van der Waals surface area (Å²) in [5, 5.41) is 8.81. The number of hydrogen-bond donors (Lipinski definition) is 2. The molecule has 1 aromatic heterocycles. The van der Waals surface area contributed by atoms with E-state index in [1.165, 1.54) is 12.1 Å². The molecule has 0 unspecified atom stereocenters. The summed E-state index contributed by atoms with van der Waals surface area (Å²) in [5.41, 5.74) is 6.07. The molecule has 2 rings (SSSR count). The molecule has 0 aliphatic carbocycles. The number of carbonyl (C=O) groups is 2. The number of oxazole rings is 1. The van der Waals surface area contributed by atoms with Gasteiger partial charge in [-0.3, -0.25) is 4.79 Å². The van der Waals surface area contributed by atoms with E-state index in [1.807, 2.05) is 6.92 Å². The van der Waals surface area contributed by atoms with Gasteiger partial charge in [-0.05, 0) is 24.3 Å². The van der Waals surface area contributed by atoms with E-state index < -0.39 is 11.9 Å². The van der Waals surface area contributed by atoms with Crippen molar-refractivity contribution in [1.29, 1.82) is 0 Å². The second-order valence-corrected chi connectivity index (χ2v) is 3.89. The van der Waals surface area contributed by atoms with Crippen LogP contribution in [0.5, 0.6) is 0 Å². The lowest BCUT2D eigenvalue weighted by Gasteiger charge is -1.96. The van der Waals surface area contributed by atoms with Gasteiger partial charge in [0.15, 0.2) is 5.69 Å². The molecule has 6 nitrogen and oxygen atoms in total. The number of primary amides is 1. The van der Waals surface area contributed by atoms with Crippen molar-refractivity contribution in [2.24, 2.45) is 5.73 Å². The van der Waals surface area contributed by atoms with Gasteiger partial charge in [-0.25, -0.2) is 9.78 Å². The molecule has 0 saturated carbocycles. The summed E-state index contributed by atoms with van der Waals surface area (Å²) in [6, 6.07) is 6.02. The quantitative estimate of drug-likeness (QED) is 0.870. The van der Waals surface area contributed by atoms with Gasteiger partial charge in [0.2, 0.25) is 5.89 Å². The number of carboxylic acid groups (broad SMARTS) is 1. The summed E-state index contributed by atoms with van der Waals surface area (Å²) in [7, 11) is 0. The first-order valence-electron chi connectivity index (χ1n) is 5.66. The van der Waals surface area contributed by atoms with Crippen LogP contribution >= 0.6 is 0 Å². The number of carbonyl (C=O) groups excluding carboxylic acids is 1. The van der Waals surface area contributed by atoms with Gasteiger partial charge in [0.05, 0.1) is 5.56 Å². The fourth-order valence-electron chi connectivity index (χ4n) is 1.66. The Balaban J connectivity index is 2.41. The van der Waals surface area contributed by atoms with Gasteiger partial charge in [0.25, 0.3) is 5.91 Å². The average Bonchev–Trinajstić information content (AvgIpc) is 2.83. The van der Waals surface area contributed by atoms with Gasteiger partial charge in [0.1, 0.15) is 5.76 Å². The highest BCUT2D eigenvalue weighted by molar-refractivity contribution is 5.92. The van der Waals surface area contributed by atoms with E-state index in [-0.39, 0.29) is 17.1 Å². The van der Waals surface area contributed by atoms with Crippen molar-refractivity contribution in [1.82, 2.24) is 4.98 Å². The van der Waals surface area contributed by atoms with Crippen LogP contribution in [0, 0.1) is 0 Å². The van der Waals surface area contributed by atoms with Gasteiger partial charge in [-0.2, -0.15) is 0 Å². The minimum Gasteiger partial charge on any atom is -0.478 e. The number of carboxylic acids is 1. The monoisotopic (exact) mass is 260 g/mol. The Kier molecular flexibility index (Phi) is 3.33. The van der Waals surface area contributed by atoms with Crippen LogP contribution in [-0.2, 0) is 6.42 Å². The van der Waals surface area contributed by atoms with E-state index in [1.54, 1.807) is 12.1 Å². The molecule has 0 aliphatic rings. The lowest BCUT2D eigenvalue weighted by molar-refractivity contribution is 0.0696. The number of hydrogen-bond acceptors (Lipinski definition) is 4. The predicted molar refractivity (Wildman–Crippen MR) is 66.8 cm³/mol. The fraction of sp³-hybridized carbons (Fsp3) is 0.154. The molecular weight excluding hydrogens is 248 g/mol. The molecule has 0 fully saturated rings. The van der Waals surface area contributed by atoms with E-state index in [0.29, 0.717) is 17.7 Å². The molecule has 3 N–H and O–H groups in total. The van der Waals surface area contributed by atoms with Crippen molar-refractivity contribution in [2.75, 3.05) is 0 Å². The Morgan fingerprint density at radius 3 is 2.37 bits per heavy atom. The molecule has 0 aliphatic heterocycles. The maximum absolute atomic E-state index is 11.2.